The van der Waals surface area contributed by atoms with Gasteiger partial charge in [-0.15, -0.1) is 0 Å². The fourth-order valence-electron chi connectivity index (χ4n) is 1.34. The van der Waals surface area contributed by atoms with Gasteiger partial charge in [-0.3, -0.25) is 0 Å². The van der Waals surface area contributed by atoms with Crippen molar-refractivity contribution in [2.45, 2.75) is 0 Å². The van der Waals surface area contributed by atoms with E-state index < -0.39 is 19.5 Å². The number of hydrogen-bond acceptors (Lipinski definition) is 2. The average molecular weight is 432 g/mol. The number of para-hydroxylation sites is 2. The quantitative estimate of drug-likeness (QED) is 0.357. The Kier molecular flexibility index (Phi) is 4.68. The molecule has 0 saturated carbocycles. The van der Waals surface area contributed by atoms with Crippen LogP contribution in [0.25, 0.3) is 4.98 Å². The fraction of sp³-hybridized carbons (Fsp3) is 0. The molecule has 0 saturated heterocycles. The fourth-order valence-corrected chi connectivity index (χ4v) is 1.34. The zero-order valence-electron chi connectivity index (χ0n) is 10.8. The normalized spacial score (nSPS) is 13.7. The van der Waals surface area contributed by atoms with Crippen LogP contribution in [0.3, 0.4) is 0 Å². The summed E-state index contributed by atoms with van der Waals surface area (Å²) in [7, 11) is 0. The van der Waals surface area contributed by atoms with E-state index in [1.54, 1.807) is 6.07 Å². The number of nitrogens with zero attached hydrogens (tertiary/aromatic N) is 2. The zero-order chi connectivity index (χ0) is 16.9. The predicted molar refractivity (Wildman–Crippen MR) is 73.3 cm³/mol. The topological polar surface area (TPSA) is 40.2 Å². The Hall–Kier alpha value is -1.94. The first kappa shape index (κ1) is 18.1. The van der Waals surface area contributed by atoms with Gasteiger partial charge in [-0.1, -0.05) is 30.3 Å². The van der Waals surface area contributed by atoms with Crippen molar-refractivity contribution in [3.05, 3.63) is 59.6 Å². The molecule has 2 rings (SSSR count). The van der Waals surface area contributed by atoms with Crippen LogP contribution in [0.4, 0.5) is 33.9 Å². The third-order valence-corrected chi connectivity index (χ3v) is 2.06. The van der Waals surface area contributed by atoms with Gasteiger partial charge in [0, 0.05) is 11.8 Å². The average Bonchev–Trinajstić information content (AvgIpc) is 2.37. The third kappa shape index (κ3) is 9.88. The summed E-state index contributed by atoms with van der Waals surface area (Å²) in [6, 6.07) is 17.1. The van der Waals surface area contributed by atoms with Crippen LogP contribution in [0, 0.1) is 5.39 Å². The molecule has 2 aromatic rings. The minimum atomic E-state index is -11.2. The summed E-state index contributed by atoms with van der Waals surface area (Å²) >= 11 is -11.2. The summed E-state index contributed by atoms with van der Waals surface area (Å²) < 4.78 is 59.6. The van der Waals surface area contributed by atoms with E-state index in [2.05, 4.69) is 10.3 Å². The van der Waals surface area contributed by atoms with Crippen LogP contribution in [0.1, 0.15) is 0 Å². The standard InChI is InChI=1S/C12H10N3.6FH.Sb/c13-15-12-9-5-4-8-11(12)14-10-6-2-1-3-7-10;;;;;;;/h1-9,14H;6*1H;/q+1;;;;;;;+5/p-6. The number of nitrogens with one attached hydrogen (secondary N) is 1. The van der Waals surface area contributed by atoms with Crippen molar-refractivity contribution in [1.29, 1.82) is 5.39 Å². The van der Waals surface area contributed by atoms with E-state index >= 15 is 0 Å². The van der Waals surface area contributed by atoms with Gasteiger partial charge in [0.2, 0.25) is 5.39 Å². The maximum absolute atomic E-state index is 11.2. The van der Waals surface area contributed by atoms with Gasteiger partial charge in [-0.05, 0) is 18.2 Å². The van der Waals surface area contributed by atoms with Gasteiger partial charge in [-0.2, -0.15) is 0 Å². The monoisotopic (exact) mass is 431 g/mol. The van der Waals surface area contributed by atoms with E-state index in [-0.39, 0.29) is 0 Å². The van der Waals surface area contributed by atoms with Crippen LogP contribution >= 0.6 is 0 Å². The third-order valence-electron chi connectivity index (χ3n) is 2.06. The number of rotatable bonds is 2. The molecular weight excluding hydrogens is 422 g/mol. The Balaban J connectivity index is 0.000000295. The number of hydrogen-bond donors (Lipinski definition) is 1. The number of benzene rings is 2. The van der Waals surface area contributed by atoms with Gasteiger partial charge in [0.15, 0.2) is 4.98 Å². The molecule has 0 amide bonds. The molecule has 0 aliphatic rings. The van der Waals surface area contributed by atoms with Crippen molar-refractivity contribution >= 4 is 36.5 Å². The van der Waals surface area contributed by atoms with Gasteiger partial charge in [0.1, 0.15) is 5.69 Å². The molecule has 0 aliphatic heterocycles. The molecule has 120 valence electrons. The molecule has 0 unspecified atom stereocenters. The summed E-state index contributed by atoms with van der Waals surface area (Å²) in [6.45, 7) is 0. The Morgan fingerprint density at radius 3 is 1.73 bits per heavy atom. The first-order valence-electron chi connectivity index (χ1n) is 5.68. The van der Waals surface area contributed by atoms with Crippen LogP contribution in [0.15, 0.2) is 54.6 Å². The molecule has 0 radical (unpaired) electrons. The molecule has 0 heterocycles. The van der Waals surface area contributed by atoms with Crippen molar-refractivity contribution in [2.24, 2.45) is 0 Å². The van der Waals surface area contributed by atoms with Crippen molar-refractivity contribution in [3.63, 3.8) is 0 Å². The maximum atomic E-state index is 9.93. The van der Waals surface area contributed by atoms with E-state index in [1.165, 1.54) is 0 Å². The van der Waals surface area contributed by atoms with E-state index in [0.717, 1.165) is 11.4 Å². The van der Waals surface area contributed by atoms with Gasteiger partial charge < -0.3 is 5.32 Å². The van der Waals surface area contributed by atoms with Gasteiger partial charge in [-0.25, -0.2) is 0 Å². The van der Waals surface area contributed by atoms with Gasteiger partial charge >= 0.3 is 42.0 Å². The molecule has 0 bridgehead atoms. The summed E-state index contributed by atoms with van der Waals surface area (Å²) in [5, 5.41) is 12.0. The van der Waals surface area contributed by atoms with Crippen LogP contribution in [-0.2, 0) is 0 Å². The molecule has 0 aromatic heterocycles. The Bertz CT molecular complexity index is 668. The summed E-state index contributed by atoms with van der Waals surface area (Å²) in [4.78, 5) is 3.20. The van der Waals surface area contributed by atoms with Crippen LogP contribution in [0.2, 0.25) is 0 Å². The molecular formula is C12H10F6N3Sb. The Morgan fingerprint density at radius 2 is 1.23 bits per heavy atom. The molecule has 22 heavy (non-hydrogen) atoms. The first-order valence-corrected chi connectivity index (χ1v) is 11.5. The summed E-state index contributed by atoms with van der Waals surface area (Å²) in [6.07, 6.45) is 0. The SMILES string of the molecule is N#[N+]c1ccccc1Nc1ccccc1.[F][Sb-]([F])([F])([F])([F])[F]. The molecule has 1 N–H and O–H groups in total. The van der Waals surface area contributed by atoms with Crippen LogP contribution in [0.5, 0.6) is 0 Å². The number of anilines is 2. The Morgan fingerprint density at radius 1 is 0.773 bits per heavy atom. The molecule has 0 spiro atoms. The van der Waals surface area contributed by atoms with Crippen LogP contribution in [-0.4, -0.2) is 19.5 Å². The molecule has 0 atom stereocenters. The Labute approximate surface area is 124 Å². The van der Waals surface area contributed by atoms with Crippen molar-refractivity contribution in [1.82, 2.24) is 0 Å². The van der Waals surface area contributed by atoms with Crippen LogP contribution < -0.4 is 5.32 Å². The number of diazo groups is 1. The van der Waals surface area contributed by atoms with Crippen molar-refractivity contribution in [2.75, 3.05) is 5.32 Å². The van der Waals surface area contributed by atoms with Crippen molar-refractivity contribution in [3.8, 4) is 0 Å². The second-order valence-corrected chi connectivity index (χ2v) is 9.54. The van der Waals surface area contributed by atoms with Gasteiger partial charge in [0.05, 0.1) is 0 Å². The molecule has 0 fully saturated rings. The van der Waals surface area contributed by atoms with Crippen molar-refractivity contribution < 1.29 is 16.9 Å². The van der Waals surface area contributed by atoms with E-state index in [1.807, 2.05) is 48.5 Å². The van der Waals surface area contributed by atoms with Gasteiger partial charge in [0.25, 0.3) is 0 Å². The predicted octanol–water partition coefficient (Wildman–Crippen LogP) is 6.06. The number of halogens is 6. The van der Waals surface area contributed by atoms with E-state index in [9.17, 15) is 16.9 Å². The first-order chi connectivity index (χ1) is 9.85. The molecule has 2 aromatic carbocycles. The molecule has 10 heteroatoms. The molecule has 0 aliphatic carbocycles. The second kappa shape index (κ2) is 5.69. The zero-order valence-corrected chi connectivity index (χ0v) is 13.4. The van der Waals surface area contributed by atoms with E-state index in [0.29, 0.717) is 5.69 Å². The second-order valence-electron chi connectivity index (χ2n) is 4.07. The summed E-state index contributed by atoms with van der Waals surface area (Å²) in [5.74, 6) is 0. The summed E-state index contributed by atoms with van der Waals surface area (Å²) in [5.41, 5.74) is 2.28. The molecule has 3 nitrogen and oxygen atoms in total. The van der Waals surface area contributed by atoms with E-state index in [4.69, 9.17) is 5.39 Å². The minimum absolute atomic E-state index is 0.529.